The van der Waals surface area contributed by atoms with Gasteiger partial charge in [-0.3, -0.25) is 14.8 Å². The highest BCUT2D eigenvalue weighted by molar-refractivity contribution is 7.91. The third-order valence-corrected chi connectivity index (χ3v) is 8.79. The van der Waals surface area contributed by atoms with Crippen molar-refractivity contribution in [2.45, 2.75) is 48.6 Å². The lowest BCUT2D eigenvalue weighted by Crippen LogP contribution is -2.47. The van der Waals surface area contributed by atoms with Crippen LogP contribution in [0.1, 0.15) is 37.3 Å². The van der Waals surface area contributed by atoms with Crippen LogP contribution in [0.2, 0.25) is 0 Å². The molecule has 6 rings (SSSR count). The Morgan fingerprint density at radius 3 is 2.39 bits per heavy atom. The molecule has 0 radical (unpaired) electrons. The van der Waals surface area contributed by atoms with Gasteiger partial charge in [-0.05, 0) is 43.9 Å². The van der Waals surface area contributed by atoms with E-state index in [1.807, 2.05) is 24.3 Å². The zero-order valence-corrected chi connectivity index (χ0v) is 21.5. The number of piperidine rings is 1. The zero-order valence-electron chi connectivity index (χ0n) is 20.7. The van der Waals surface area contributed by atoms with Crippen molar-refractivity contribution in [3.63, 3.8) is 0 Å². The first-order valence-electron chi connectivity index (χ1n) is 12.4. The number of amides is 1. The highest BCUT2D eigenvalue weighted by Gasteiger charge is 2.45. The van der Waals surface area contributed by atoms with Crippen LogP contribution in [0.5, 0.6) is 0 Å². The molecule has 2 bridgehead atoms. The average molecular weight is 534 g/mol. The summed E-state index contributed by atoms with van der Waals surface area (Å²) in [5, 5.41) is 13.8. The van der Waals surface area contributed by atoms with E-state index in [0.717, 1.165) is 35.9 Å². The summed E-state index contributed by atoms with van der Waals surface area (Å²) in [7, 11) is -3.73. The van der Waals surface area contributed by atoms with Gasteiger partial charge in [0.05, 0.1) is 17.6 Å². The fraction of sp³-hybridized carbons (Fsp3) is 0.346. The Labute approximate surface area is 219 Å². The van der Waals surface area contributed by atoms with Gasteiger partial charge in [-0.25, -0.2) is 13.4 Å². The van der Waals surface area contributed by atoms with Crippen molar-refractivity contribution in [1.82, 2.24) is 29.5 Å². The Morgan fingerprint density at radius 1 is 1.08 bits per heavy atom. The minimum absolute atomic E-state index is 0.0151. The van der Waals surface area contributed by atoms with Crippen LogP contribution in [0.15, 0.2) is 53.9 Å². The lowest BCUT2D eigenvalue weighted by Gasteiger charge is -2.39. The van der Waals surface area contributed by atoms with E-state index in [4.69, 9.17) is 10.7 Å². The number of anilines is 1. The van der Waals surface area contributed by atoms with Crippen molar-refractivity contribution in [1.29, 1.82) is 0 Å². The number of aliphatic hydroxyl groups excluding tert-OH is 1. The Balaban J connectivity index is 1.44. The van der Waals surface area contributed by atoms with Gasteiger partial charge in [0, 0.05) is 59.5 Å². The maximum absolute atomic E-state index is 12.9. The van der Waals surface area contributed by atoms with Gasteiger partial charge < -0.3 is 15.7 Å². The summed E-state index contributed by atoms with van der Waals surface area (Å²) >= 11 is 0. The van der Waals surface area contributed by atoms with E-state index in [0.29, 0.717) is 29.7 Å². The smallest absolute Gasteiger partial charge is 0.248 e. The Bertz CT molecular complexity index is 1620. The van der Waals surface area contributed by atoms with Crippen molar-refractivity contribution < 1.29 is 18.3 Å². The fourth-order valence-corrected chi connectivity index (χ4v) is 7.07. The lowest BCUT2D eigenvalue weighted by atomic mass is 9.87. The molecule has 0 saturated carbocycles. The molecule has 1 amide bonds. The summed E-state index contributed by atoms with van der Waals surface area (Å²) < 4.78 is 27.2. The fourth-order valence-electron chi connectivity index (χ4n) is 6.01. The lowest BCUT2D eigenvalue weighted by molar-refractivity contribution is -0.138. The number of carbonyl (C=O) groups is 1. The monoisotopic (exact) mass is 533 g/mol. The molecule has 4 aromatic rings. The third kappa shape index (κ3) is 4.00. The van der Waals surface area contributed by atoms with Crippen LogP contribution in [0, 0.1) is 0 Å². The average Bonchev–Trinajstić information content (AvgIpc) is 3.46. The van der Waals surface area contributed by atoms with Crippen LogP contribution in [0.3, 0.4) is 0 Å². The number of rotatable bonds is 5. The highest BCUT2D eigenvalue weighted by Crippen LogP contribution is 2.45. The van der Waals surface area contributed by atoms with Gasteiger partial charge >= 0.3 is 0 Å². The molecule has 11 nitrogen and oxygen atoms in total. The molecule has 0 unspecified atom stereocenters. The van der Waals surface area contributed by atoms with Crippen molar-refractivity contribution in [3.05, 3.63) is 54.7 Å². The molecular weight excluding hydrogens is 506 g/mol. The molecule has 2 aliphatic heterocycles. The largest absolute Gasteiger partial charge is 0.387 e. The zero-order chi connectivity index (χ0) is 26.6. The van der Waals surface area contributed by atoms with Crippen LogP contribution in [0.4, 0.5) is 5.82 Å². The van der Waals surface area contributed by atoms with Gasteiger partial charge in [0.2, 0.25) is 5.91 Å². The minimum atomic E-state index is -3.73. The van der Waals surface area contributed by atoms with Gasteiger partial charge in [0.15, 0.2) is 15.5 Å². The summed E-state index contributed by atoms with van der Waals surface area (Å²) in [6.45, 7) is -0.531. The first-order chi connectivity index (χ1) is 18.3. The van der Waals surface area contributed by atoms with Gasteiger partial charge in [0.1, 0.15) is 17.3 Å². The summed E-state index contributed by atoms with van der Waals surface area (Å²) in [4.78, 5) is 27.6. The first kappa shape index (κ1) is 24.4. The predicted octanol–water partition coefficient (Wildman–Crippen LogP) is 2.07. The van der Waals surface area contributed by atoms with Gasteiger partial charge in [-0.15, -0.1) is 0 Å². The number of aromatic nitrogens is 5. The molecule has 6 heterocycles. The van der Waals surface area contributed by atoms with Gasteiger partial charge in [-0.2, -0.15) is 9.61 Å². The minimum Gasteiger partial charge on any atom is -0.387 e. The van der Waals surface area contributed by atoms with Crippen molar-refractivity contribution in [2.24, 2.45) is 0 Å². The van der Waals surface area contributed by atoms with Crippen molar-refractivity contribution in [3.8, 4) is 22.4 Å². The molecule has 0 aromatic carbocycles. The molecule has 2 saturated heterocycles. The quantitative estimate of drug-likeness (QED) is 0.392. The number of aliphatic hydroxyl groups is 1. The number of nitrogens with two attached hydrogens (primary N) is 1. The molecule has 2 aliphatic rings. The molecule has 2 fully saturated rings. The number of hydrogen-bond acceptors (Lipinski definition) is 9. The van der Waals surface area contributed by atoms with Crippen LogP contribution >= 0.6 is 0 Å². The van der Waals surface area contributed by atoms with E-state index < -0.39 is 16.4 Å². The Kier molecular flexibility index (Phi) is 5.88. The summed E-state index contributed by atoms with van der Waals surface area (Å²) in [6, 6.07) is 7.44. The van der Waals surface area contributed by atoms with Crippen molar-refractivity contribution >= 4 is 27.2 Å². The van der Waals surface area contributed by atoms with E-state index in [9.17, 15) is 18.3 Å². The Morgan fingerprint density at radius 2 is 1.79 bits per heavy atom. The first-order valence-corrected chi connectivity index (χ1v) is 14.3. The third-order valence-electron chi connectivity index (χ3n) is 7.63. The Hall–Kier alpha value is -3.90. The maximum atomic E-state index is 12.9. The molecule has 0 aliphatic carbocycles. The maximum Gasteiger partial charge on any atom is 0.248 e. The highest BCUT2D eigenvalue weighted by atomic mass is 32.2. The summed E-state index contributed by atoms with van der Waals surface area (Å²) in [5.74, 6) is -0.480. The standard InChI is InChI=1S/C26H27N7O4S/c1-38(36,37)24-23(17-10-18-3-4-19(11-17)32(18)22(35)14-34)31-26-20(13-30-33(26)25(24)27)16-2-5-21(29-12-16)15-6-8-28-9-7-15/h2,5-9,12-13,17-19,34H,3-4,10-11,14,27H2,1H3/t17-,18+,19-. The number of hydrogen-bond donors (Lipinski definition) is 2. The summed E-state index contributed by atoms with van der Waals surface area (Å²) in [6.07, 6.45) is 10.6. The molecule has 4 aromatic heterocycles. The molecule has 0 spiro atoms. The number of fused-ring (bicyclic) bond motifs is 3. The number of pyridine rings is 2. The number of nitrogen functional groups attached to an aromatic ring is 1. The predicted molar refractivity (Wildman–Crippen MR) is 140 cm³/mol. The molecule has 3 atom stereocenters. The van der Waals surface area contributed by atoms with Crippen LogP contribution in [0.25, 0.3) is 28.0 Å². The topological polar surface area (TPSA) is 157 Å². The van der Waals surface area contributed by atoms with Gasteiger partial charge in [0.25, 0.3) is 0 Å². The van der Waals surface area contributed by atoms with Crippen LogP contribution < -0.4 is 5.73 Å². The normalized spacial score (nSPS) is 21.2. The van der Waals surface area contributed by atoms with E-state index in [1.165, 1.54) is 4.52 Å². The second-order valence-electron chi connectivity index (χ2n) is 9.96. The van der Waals surface area contributed by atoms with E-state index in [1.54, 1.807) is 29.7 Å². The van der Waals surface area contributed by atoms with E-state index >= 15 is 0 Å². The molecule has 196 valence electrons. The number of carbonyl (C=O) groups excluding carboxylic acids is 1. The molecule has 3 N–H and O–H groups in total. The molecule has 38 heavy (non-hydrogen) atoms. The van der Waals surface area contributed by atoms with E-state index in [2.05, 4.69) is 15.1 Å². The summed E-state index contributed by atoms with van der Waals surface area (Å²) in [5.41, 5.74) is 10.5. The second-order valence-corrected chi connectivity index (χ2v) is 11.9. The molecular formula is C26H27N7O4S. The van der Waals surface area contributed by atoms with Crippen LogP contribution in [-0.4, -0.2) is 73.8 Å². The van der Waals surface area contributed by atoms with Gasteiger partial charge in [-0.1, -0.05) is 6.07 Å². The molecule has 12 heteroatoms. The van der Waals surface area contributed by atoms with Crippen molar-refractivity contribution in [2.75, 3.05) is 18.6 Å². The van der Waals surface area contributed by atoms with E-state index in [-0.39, 0.29) is 34.6 Å². The second kappa shape index (κ2) is 9.14. The number of nitrogens with zero attached hydrogens (tertiary/aromatic N) is 6. The van der Waals surface area contributed by atoms with Crippen LogP contribution in [-0.2, 0) is 14.6 Å². The number of sulfone groups is 1. The SMILES string of the molecule is CS(=O)(=O)c1c([C@H]2C[C@H]3CC[C@@H](C2)N3C(=O)CO)nc2c(-c3ccc(-c4ccncc4)nc3)cnn2c1N.